The Morgan fingerprint density at radius 1 is 0.303 bits per heavy atom. The third kappa shape index (κ3) is 22.5. The molecular weight excluding hydrogens is 1140 g/mol. The fraction of sp³-hybridized carbons (Fsp3) is 0.692. The lowest BCUT2D eigenvalue weighted by atomic mass is 9.97. The standard InChI is InChI=1S/C65H102N10O14/c1-60(2,3)84-54(78)68-27-23-66(24-28-69(55(79)85-61(4,5)6)32-36-72(35-31-68)58(82)88-64(13,14)15)52(76)41-46-19-21-50-48(39-46)43-74-45-75(50)44-49-40-47(20-22-51(49)74)42-53(77)67-25-29-70(56(80)86-62(7,8)9)33-37-73(59(83)89-65(16,17)18)38-34-71(30-26-67)57(81)87-63(10,11)12/h19-22,39-40H,23-38,41-45H2,1-18H3. The number of nitrogens with zero attached hydrogens (tertiary/aromatic N) is 10. The average Bonchev–Trinajstić information content (AvgIpc) is 0.961. The molecule has 496 valence electrons. The Morgan fingerprint density at radius 2 is 0.494 bits per heavy atom. The number of carbonyl (C=O) groups is 8. The highest BCUT2D eigenvalue weighted by Crippen LogP contribution is 2.39. The quantitative estimate of drug-likeness (QED) is 0.260. The van der Waals surface area contributed by atoms with Gasteiger partial charge in [-0.1, -0.05) is 24.3 Å². The van der Waals surface area contributed by atoms with E-state index in [4.69, 9.17) is 28.4 Å². The second-order valence-electron chi connectivity index (χ2n) is 29.4. The molecule has 0 radical (unpaired) electrons. The zero-order valence-corrected chi connectivity index (χ0v) is 56.5. The highest BCUT2D eigenvalue weighted by Gasteiger charge is 2.35. The molecule has 4 aliphatic heterocycles. The normalized spacial score (nSPS) is 17.4. The van der Waals surface area contributed by atoms with Crippen LogP contribution in [-0.4, -0.2) is 233 Å². The molecular formula is C65H102N10O14. The Morgan fingerprint density at radius 3 is 0.685 bits per heavy atom. The van der Waals surface area contributed by atoms with Gasteiger partial charge in [-0.05, 0) is 159 Å². The third-order valence-electron chi connectivity index (χ3n) is 14.5. The van der Waals surface area contributed by atoms with Crippen molar-refractivity contribution in [1.29, 1.82) is 0 Å². The molecule has 4 aliphatic rings. The summed E-state index contributed by atoms with van der Waals surface area (Å²) in [7, 11) is 0. The summed E-state index contributed by atoms with van der Waals surface area (Å²) in [4.78, 5) is 128. The van der Waals surface area contributed by atoms with Crippen molar-refractivity contribution in [2.24, 2.45) is 0 Å². The van der Waals surface area contributed by atoms with Crippen LogP contribution in [0.25, 0.3) is 0 Å². The first-order valence-electron chi connectivity index (χ1n) is 31.2. The summed E-state index contributed by atoms with van der Waals surface area (Å²) in [6, 6.07) is 12.1. The molecule has 24 heteroatoms. The highest BCUT2D eigenvalue weighted by atomic mass is 16.6. The number of hydrogen-bond donors (Lipinski definition) is 0. The van der Waals surface area contributed by atoms with Gasteiger partial charge >= 0.3 is 36.6 Å². The second kappa shape index (κ2) is 28.6. The molecule has 8 amide bonds. The van der Waals surface area contributed by atoms with Gasteiger partial charge in [-0.15, -0.1) is 0 Å². The van der Waals surface area contributed by atoms with Crippen LogP contribution in [0.1, 0.15) is 147 Å². The van der Waals surface area contributed by atoms with Gasteiger partial charge in [0.1, 0.15) is 33.6 Å². The lowest BCUT2D eigenvalue weighted by Gasteiger charge is -2.45. The number of fused-ring (bicyclic) bond motifs is 6. The van der Waals surface area contributed by atoms with Gasteiger partial charge in [-0.2, -0.15) is 0 Å². The van der Waals surface area contributed by atoms with Crippen molar-refractivity contribution in [3.8, 4) is 0 Å². The predicted octanol–water partition coefficient (Wildman–Crippen LogP) is 9.18. The zero-order valence-electron chi connectivity index (χ0n) is 56.5. The van der Waals surface area contributed by atoms with Crippen LogP contribution in [0.4, 0.5) is 40.1 Å². The van der Waals surface area contributed by atoms with Crippen LogP contribution >= 0.6 is 0 Å². The van der Waals surface area contributed by atoms with Crippen LogP contribution in [0.5, 0.6) is 0 Å². The van der Waals surface area contributed by atoms with Crippen molar-refractivity contribution in [2.75, 3.05) is 121 Å². The van der Waals surface area contributed by atoms with E-state index in [2.05, 4.69) is 21.9 Å². The second-order valence-corrected chi connectivity index (χ2v) is 29.4. The summed E-state index contributed by atoms with van der Waals surface area (Å²) < 4.78 is 34.7. The summed E-state index contributed by atoms with van der Waals surface area (Å²) in [6.07, 6.45) is -3.41. The van der Waals surface area contributed by atoms with E-state index in [1.807, 2.05) is 24.3 Å². The molecule has 0 unspecified atom stereocenters. The monoisotopic (exact) mass is 1250 g/mol. The smallest absolute Gasteiger partial charge is 0.410 e. The molecule has 0 atom stereocenters. The summed E-state index contributed by atoms with van der Waals surface area (Å²) in [6.45, 7) is 35.2. The number of amides is 8. The topological polar surface area (TPSA) is 224 Å². The number of hydrogen-bond acceptors (Lipinski definition) is 16. The number of benzene rings is 2. The van der Waals surface area contributed by atoms with Crippen molar-refractivity contribution < 1.29 is 66.8 Å². The Kier molecular flexibility index (Phi) is 22.7. The van der Waals surface area contributed by atoms with Crippen molar-refractivity contribution in [1.82, 2.24) is 39.2 Å². The minimum Gasteiger partial charge on any atom is -0.444 e. The number of ether oxygens (including phenoxy) is 6. The predicted molar refractivity (Wildman–Crippen MR) is 338 cm³/mol. The summed E-state index contributed by atoms with van der Waals surface area (Å²) >= 11 is 0. The van der Waals surface area contributed by atoms with Gasteiger partial charge in [0.25, 0.3) is 0 Å². The summed E-state index contributed by atoms with van der Waals surface area (Å²) in [5.74, 6) is -0.399. The van der Waals surface area contributed by atoms with Gasteiger partial charge in [-0.25, -0.2) is 28.8 Å². The van der Waals surface area contributed by atoms with E-state index in [-0.39, 0.29) is 129 Å². The molecule has 24 nitrogen and oxygen atoms in total. The van der Waals surface area contributed by atoms with E-state index in [1.54, 1.807) is 134 Å². The van der Waals surface area contributed by atoms with Crippen molar-refractivity contribution in [2.45, 2.75) is 184 Å². The van der Waals surface area contributed by atoms with Crippen LogP contribution < -0.4 is 9.80 Å². The first-order valence-corrected chi connectivity index (χ1v) is 31.2. The summed E-state index contributed by atoms with van der Waals surface area (Å²) in [5.41, 5.74) is 0.901. The molecule has 4 heterocycles. The number of anilines is 2. The van der Waals surface area contributed by atoms with E-state index in [9.17, 15) is 38.4 Å². The number of rotatable bonds is 4. The van der Waals surface area contributed by atoms with Crippen LogP contribution in [0.15, 0.2) is 36.4 Å². The molecule has 2 bridgehead atoms. The fourth-order valence-corrected chi connectivity index (χ4v) is 10.4. The molecule has 2 fully saturated rings. The van der Waals surface area contributed by atoms with Crippen molar-refractivity contribution in [3.63, 3.8) is 0 Å². The van der Waals surface area contributed by atoms with Gasteiger partial charge < -0.3 is 77.4 Å². The fourth-order valence-electron chi connectivity index (χ4n) is 10.4. The molecule has 6 rings (SSSR count). The minimum absolute atomic E-state index is 0.0499. The molecule has 0 spiro atoms. The molecule has 0 saturated carbocycles. The SMILES string of the molecule is CC(C)(C)OC(=O)N1CCN(C(=O)Cc2ccc3c(c2)CN2CN3Cc3cc(CC(=O)N4CCN(C(=O)OC(C)(C)C)CCN(C(=O)OC(C)(C)C)CCN(C(=O)OC(C)(C)C)CC4)ccc32)CCN(C(=O)OC(C)(C)C)CCN(C(=O)OC(C)(C)C)CC1. The number of carbonyl (C=O) groups excluding carboxylic acids is 8. The molecule has 0 aliphatic carbocycles. The van der Waals surface area contributed by atoms with Gasteiger partial charge in [0.2, 0.25) is 11.8 Å². The zero-order chi connectivity index (χ0) is 66.2. The van der Waals surface area contributed by atoms with Crippen LogP contribution in [0.2, 0.25) is 0 Å². The van der Waals surface area contributed by atoms with E-state index in [0.717, 1.165) is 33.6 Å². The van der Waals surface area contributed by atoms with Gasteiger partial charge in [0, 0.05) is 129 Å². The van der Waals surface area contributed by atoms with Crippen LogP contribution in [0.3, 0.4) is 0 Å². The van der Waals surface area contributed by atoms with E-state index < -0.39 is 70.2 Å². The Hall–Kier alpha value is -7.40. The Labute approximate surface area is 527 Å². The van der Waals surface area contributed by atoms with Crippen molar-refractivity contribution >= 4 is 59.7 Å². The summed E-state index contributed by atoms with van der Waals surface area (Å²) in [5, 5.41) is 0. The third-order valence-corrected chi connectivity index (χ3v) is 14.5. The van der Waals surface area contributed by atoms with Gasteiger partial charge in [0.05, 0.1) is 19.5 Å². The van der Waals surface area contributed by atoms with Crippen molar-refractivity contribution in [3.05, 3.63) is 58.7 Å². The molecule has 89 heavy (non-hydrogen) atoms. The highest BCUT2D eigenvalue weighted by molar-refractivity contribution is 5.81. The minimum atomic E-state index is -0.807. The molecule has 0 aromatic heterocycles. The Balaban J connectivity index is 1.19. The first-order chi connectivity index (χ1) is 41.1. The van der Waals surface area contributed by atoms with E-state index >= 15 is 0 Å². The molecule has 2 aromatic carbocycles. The largest absolute Gasteiger partial charge is 0.444 e. The lowest BCUT2D eigenvalue weighted by molar-refractivity contribution is -0.131. The maximum absolute atomic E-state index is 14.6. The maximum atomic E-state index is 14.6. The average molecular weight is 1250 g/mol. The van der Waals surface area contributed by atoms with Crippen LogP contribution in [0, 0.1) is 0 Å². The lowest BCUT2D eigenvalue weighted by Crippen LogP contribution is -2.52. The molecule has 2 saturated heterocycles. The Bertz CT molecular complexity index is 2580. The first kappa shape index (κ1) is 70.7. The van der Waals surface area contributed by atoms with E-state index in [0.29, 0.717) is 19.8 Å². The van der Waals surface area contributed by atoms with Gasteiger partial charge in [0.15, 0.2) is 0 Å². The van der Waals surface area contributed by atoms with Crippen LogP contribution in [-0.2, 0) is 63.9 Å². The molecule has 0 N–H and O–H groups in total. The molecule has 2 aromatic rings. The maximum Gasteiger partial charge on any atom is 0.410 e. The van der Waals surface area contributed by atoms with Gasteiger partial charge in [-0.3, -0.25) is 9.59 Å². The van der Waals surface area contributed by atoms with E-state index in [1.165, 1.54) is 29.4 Å².